The zero-order chi connectivity index (χ0) is 33.5. The summed E-state index contributed by atoms with van der Waals surface area (Å²) in [4.78, 5) is 10.7. The Morgan fingerprint density at radius 3 is 1.96 bits per heavy atom. The number of nitrogens with zero attached hydrogens (tertiary/aromatic N) is 3. The molecule has 0 bridgehead atoms. The molecule has 11 aromatic rings. The Hall–Kier alpha value is -6.14. The second-order valence-corrected chi connectivity index (χ2v) is 15.0. The van der Waals surface area contributed by atoms with E-state index in [4.69, 9.17) is 9.97 Å². The molecule has 51 heavy (non-hydrogen) atoms. The van der Waals surface area contributed by atoms with Gasteiger partial charge in [0, 0.05) is 68.8 Å². The van der Waals surface area contributed by atoms with Gasteiger partial charge in [0.15, 0.2) is 5.82 Å². The van der Waals surface area contributed by atoms with Crippen LogP contribution in [-0.2, 0) is 0 Å². The average Bonchev–Trinajstić information content (AvgIpc) is 3.88. The van der Waals surface area contributed by atoms with Crippen LogP contribution in [0.1, 0.15) is 0 Å². The van der Waals surface area contributed by atoms with Crippen molar-refractivity contribution in [1.82, 2.24) is 14.5 Å². The molecule has 5 heteroatoms. The van der Waals surface area contributed by atoms with Crippen LogP contribution in [-0.4, -0.2) is 14.5 Å². The summed E-state index contributed by atoms with van der Waals surface area (Å²) >= 11 is 3.69. The number of benzene rings is 7. The number of para-hydroxylation sites is 2. The van der Waals surface area contributed by atoms with Gasteiger partial charge in [-0.25, -0.2) is 9.97 Å². The Bertz CT molecular complexity index is 3130. The van der Waals surface area contributed by atoms with E-state index in [0.717, 1.165) is 39.6 Å². The van der Waals surface area contributed by atoms with Crippen molar-refractivity contribution in [1.29, 1.82) is 0 Å². The maximum Gasteiger partial charge on any atom is 0.161 e. The molecule has 7 aromatic carbocycles. The third-order valence-electron chi connectivity index (χ3n) is 10.0. The van der Waals surface area contributed by atoms with Crippen molar-refractivity contribution in [3.63, 3.8) is 0 Å². The minimum Gasteiger partial charge on any atom is -0.308 e. The van der Waals surface area contributed by atoms with Crippen molar-refractivity contribution in [2.75, 3.05) is 0 Å². The van der Waals surface area contributed by atoms with Gasteiger partial charge in [-0.05, 0) is 36.4 Å². The highest BCUT2D eigenvalue weighted by Gasteiger charge is 2.21. The molecule has 0 aliphatic heterocycles. The summed E-state index contributed by atoms with van der Waals surface area (Å²) in [5.41, 5.74) is 8.71. The van der Waals surface area contributed by atoms with Crippen LogP contribution in [0.3, 0.4) is 0 Å². The second kappa shape index (κ2) is 11.2. The molecular formula is C46H27N3S2. The van der Waals surface area contributed by atoms with Crippen molar-refractivity contribution in [3.8, 4) is 39.6 Å². The number of hydrogen-bond acceptors (Lipinski definition) is 4. The fraction of sp³-hybridized carbons (Fsp3) is 0. The van der Waals surface area contributed by atoms with Crippen LogP contribution < -0.4 is 0 Å². The van der Waals surface area contributed by atoms with Crippen LogP contribution in [0.2, 0.25) is 0 Å². The normalized spacial score (nSPS) is 11.9. The van der Waals surface area contributed by atoms with Gasteiger partial charge in [-0.15, -0.1) is 22.7 Å². The van der Waals surface area contributed by atoms with Gasteiger partial charge in [0.05, 0.1) is 27.1 Å². The van der Waals surface area contributed by atoms with E-state index in [9.17, 15) is 0 Å². The summed E-state index contributed by atoms with van der Waals surface area (Å²) in [5, 5.41) is 7.49. The van der Waals surface area contributed by atoms with Crippen molar-refractivity contribution in [2.45, 2.75) is 0 Å². The molecule has 4 heterocycles. The summed E-state index contributed by atoms with van der Waals surface area (Å²) in [6, 6.07) is 58.6. The Labute approximate surface area is 301 Å². The van der Waals surface area contributed by atoms with E-state index < -0.39 is 0 Å². The highest BCUT2D eigenvalue weighted by Crippen LogP contribution is 2.46. The first-order chi connectivity index (χ1) is 25.3. The predicted octanol–water partition coefficient (Wildman–Crippen LogP) is 13.3. The molecule has 0 N–H and O–H groups in total. The Morgan fingerprint density at radius 1 is 0.431 bits per heavy atom. The second-order valence-electron chi connectivity index (χ2n) is 12.9. The van der Waals surface area contributed by atoms with Crippen molar-refractivity contribution < 1.29 is 0 Å². The largest absolute Gasteiger partial charge is 0.308 e. The lowest BCUT2D eigenvalue weighted by atomic mass is 10.0. The van der Waals surface area contributed by atoms with Gasteiger partial charge >= 0.3 is 0 Å². The summed E-state index contributed by atoms with van der Waals surface area (Å²) in [6.07, 6.45) is 0. The Morgan fingerprint density at radius 2 is 1.08 bits per heavy atom. The molecule has 0 fully saturated rings. The maximum absolute atomic E-state index is 5.41. The summed E-state index contributed by atoms with van der Waals surface area (Å²) in [7, 11) is 0. The third-order valence-corrected chi connectivity index (χ3v) is 12.4. The van der Waals surface area contributed by atoms with E-state index >= 15 is 0 Å². The van der Waals surface area contributed by atoms with E-state index in [1.54, 1.807) is 0 Å². The summed E-state index contributed by atoms with van der Waals surface area (Å²) in [6.45, 7) is 0. The molecule has 238 valence electrons. The fourth-order valence-electron chi connectivity index (χ4n) is 7.77. The zero-order valence-electron chi connectivity index (χ0n) is 27.2. The van der Waals surface area contributed by atoms with E-state index in [-0.39, 0.29) is 0 Å². The quantitative estimate of drug-likeness (QED) is 0.185. The first-order valence-electron chi connectivity index (χ1n) is 17.1. The molecule has 4 aromatic heterocycles. The molecule has 0 aliphatic rings. The topological polar surface area (TPSA) is 30.7 Å². The monoisotopic (exact) mass is 685 g/mol. The molecule has 0 amide bonds. The van der Waals surface area contributed by atoms with E-state index in [0.29, 0.717) is 0 Å². The first-order valence-corrected chi connectivity index (χ1v) is 18.7. The number of fused-ring (bicyclic) bond motifs is 10. The molecule has 0 unspecified atom stereocenters. The molecule has 0 saturated carbocycles. The Balaban J connectivity index is 1.21. The highest BCUT2D eigenvalue weighted by atomic mass is 32.1. The number of rotatable bonds is 4. The number of thiophene rings is 2. The van der Waals surface area contributed by atoms with Gasteiger partial charge in [0.25, 0.3) is 0 Å². The third kappa shape index (κ3) is 4.35. The molecule has 3 nitrogen and oxygen atoms in total. The molecule has 0 atom stereocenters. The van der Waals surface area contributed by atoms with Crippen LogP contribution in [0, 0.1) is 0 Å². The molecule has 0 spiro atoms. The maximum atomic E-state index is 5.41. The van der Waals surface area contributed by atoms with Gasteiger partial charge in [-0.2, -0.15) is 0 Å². The van der Waals surface area contributed by atoms with Gasteiger partial charge in [-0.3, -0.25) is 0 Å². The molecule has 0 aliphatic carbocycles. The van der Waals surface area contributed by atoms with Crippen molar-refractivity contribution in [3.05, 3.63) is 164 Å². The van der Waals surface area contributed by atoms with Crippen LogP contribution in [0.5, 0.6) is 0 Å². The standard InChI is InChI=1S/C46H27N3S2/c1-3-13-28(14-4-1)37-27-38(48-46(47-37)36-21-12-24-41-42(36)35-18-8-10-23-40(35)50-41)34-20-11-19-32-33-26-25-31-30-17-7-9-22-39(30)49(29-15-5-2-6-16-29)43(31)45(33)51-44(32)34/h1-27H. The Kier molecular flexibility index (Phi) is 6.29. The fourth-order valence-corrected chi connectivity index (χ4v) is 10.3. The molecule has 0 saturated heterocycles. The predicted molar refractivity (Wildman–Crippen MR) is 218 cm³/mol. The summed E-state index contributed by atoms with van der Waals surface area (Å²) in [5.74, 6) is 0.741. The van der Waals surface area contributed by atoms with E-state index in [2.05, 4.69) is 168 Å². The minimum atomic E-state index is 0.741. The van der Waals surface area contributed by atoms with Gasteiger partial charge in [0.2, 0.25) is 0 Å². The lowest BCUT2D eigenvalue weighted by Gasteiger charge is -2.11. The van der Waals surface area contributed by atoms with Crippen LogP contribution in [0.4, 0.5) is 0 Å². The molecule has 0 radical (unpaired) electrons. The smallest absolute Gasteiger partial charge is 0.161 e. The van der Waals surface area contributed by atoms with Crippen LogP contribution in [0.15, 0.2) is 164 Å². The zero-order valence-corrected chi connectivity index (χ0v) is 28.9. The lowest BCUT2D eigenvalue weighted by molar-refractivity contribution is 1.19. The lowest BCUT2D eigenvalue weighted by Crippen LogP contribution is -1.96. The van der Waals surface area contributed by atoms with E-state index in [1.807, 2.05) is 22.7 Å². The van der Waals surface area contributed by atoms with Crippen molar-refractivity contribution >= 4 is 84.8 Å². The first kappa shape index (κ1) is 28.7. The average molecular weight is 686 g/mol. The van der Waals surface area contributed by atoms with Crippen LogP contribution in [0.25, 0.3) is 102 Å². The minimum absolute atomic E-state index is 0.741. The van der Waals surface area contributed by atoms with Gasteiger partial charge in [0.1, 0.15) is 0 Å². The van der Waals surface area contributed by atoms with Gasteiger partial charge < -0.3 is 4.57 Å². The van der Waals surface area contributed by atoms with Crippen molar-refractivity contribution in [2.24, 2.45) is 0 Å². The van der Waals surface area contributed by atoms with Crippen LogP contribution >= 0.6 is 22.7 Å². The SMILES string of the molecule is c1ccc(-c2cc(-c3cccc4c3sc3c4ccc4c5ccccc5n(-c5ccccc5)c43)nc(-c3cccc4sc5ccccc5c34)n2)cc1. The molecular weight excluding hydrogens is 659 g/mol. The van der Waals surface area contributed by atoms with E-state index in [1.165, 1.54) is 62.2 Å². The summed E-state index contributed by atoms with van der Waals surface area (Å²) < 4.78 is 7.46. The number of hydrogen-bond donors (Lipinski definition) is 0. The number of aromatic nitrogens is 3. The van der Waals surface area contributed by atoms with Gasteiger partial charge in [-0.1, -0.05) is 127 Å². The highest BCUT2D eigenvalue weighted by molar-refractivity contribution is 7.27. The molecule has 11 rings (SSSR count).